The van der Waals surface area contributed by atoms with Gasteiger partial charge < -0.3 is 15.1 Å². The average molecular weight is 500 g/mol. The second-order valence-electron chi connectivity index (χ2n) is 8.67. The van der Waals surface area contributed by atoms with Crippen molar-refractivity contribution < 1.29 is 9.59 Å². The van der Waals surface area contributed by atoms with Crippen molar-refractivity contribution in [3.05, 3.63) is 112 Å². The van der Waals surface area contributed by atoms with Crippen LogP contribution in [0, 0.1) is 0 Å². The largest absolute Gasteiger partial charge is 0.322 e. The van der Waals surface area contributed by atoms with E-state index in [9.17, 15) is 9.59 Å². The minimum absolute atomic E-state index is 0.159. The Hall–Kier alpha value is -4.10. The van der Waals surface area contributed by atoms with Crippen molar-refractivity contribution in [3.8, 4) is 0 Å². The summed E-state index contributed by atoms with van der Waals surface area (Å²) in [5.74, 6) is -0.208. The van der Waals surface area contributed by atoms with Gasteiger partial charge in [0.2, 0.25) is 0 Å². The summed E-state index contributed by atoms with van der Waals surface area (Å²) >= 11 is 6.38. The molecule has 0 fully saturated rings. The number of rotatable bonds is 5. The number of hydrogen-bond acceptors (Lipinski definition) is 3. The molecule has 0 saturated carbocycles. The Morgan fingerprint density at radius 1 is 0.972 bits per heavy atom. The summed E-state index contributed by atoms with van der Waals surface area (Å²) in [6.07, 6.45) is 0.685. The number of nitrogens with one attached hydrogen (secondary N) is 1. The Balaban J connectivity index is 1.44. The quantitative estimate of drug-likeness (QED) is 0.393. The van der Waals surface area contributed by atoms with Crippen LogP contribution in [-0.4, -0.2) is 33.2 Å². The standard InChI is InChI=1S/C28H26ClN5O2/c1-32-26-16-17-33(28(36)30-20-10-4-2-5-11-20)18-23(26)25(31-32)19-34(21-12-6-3-7-13-21)27(35)22-14-8-9-15-24(22)29/h2-15H,16-19H2,1H3,(H,30,36). The van der Waals surface area contributed by atoms with Crippen molar-refractivity contribution in [2.24, 2.45) is 7.05 Å². The number of aryl methyl sites for hydroxylation is 1. The number of hydrogen-bond donors (Lipinski definition) is 1. The molecule has 7 nitrogen and oxygen atoms in total. The fraction of sp³-hybridized carbons (Fsp3) is 0.179. The van der Waals surface area contributed by atoms with Crippen molar-refractivity contribution in [1.82, 2.24) is 14.7 Å². The number of carbonyl (C=O) groups excluding carboxylic acids is 2. The molecule has 0 aliphatic carbocycles. The van der Waals surface area contributed by atoms with E-state index in [4.69, 9.17) is 16.7 Å². The maximum Gasteiger partial charge on any atom is 0.322 e. The van der Waals surface area contributed by atoms with Gasteiger partial charge in [-0.3, -0.25) is 9.48 Å². The SMILES string of the molecule is Cn1nc(CN(C(=O)c2ccccc2Cl)c2ccccc2)c2c1CCN(C(=O)Nc1ccccc1)C2. The lowest BCUT2D eigenvalue weighted by Crippen LogP contribution is -2.39. The van der Waals surface area contributed by atoms with Gasteiger partial charge in [0.15, 0.2) is 0 Å². The highest BCUT2D eigenvalue weighted by Gasteiger charge is 2.29. The number of anilines is 2. The molecule has 5 rings (SSSR count). The number of urea groups is 1. The first-order valence-electron chi connectivity index (χ1n) is 11.8. The number of para-hydroxylation sites is 2. The normalized spacial score (nSPS) is 12.7. The summed E-state index contributed by atoms with van der Waals surface area (Å²) < 4.78 is 1.86. The molecule has 0 saturated heterocycles. The van der Waals surface area contributed by atoms with Gasteiger partial charge in [0.05, 0.1) is 29.4 Å². The first kappa shape index (κ1) is 23.6. The third-order valence-corrected chi connectivity index (χ3v) is 6.69. The highest BCUT2D eigenvalue weighted by Crippen LogP contribution is 2.28. The molecule has 3 amide bonds. The highest BCUT2D eigenvalue weighted by molar-refractivity contribution is 6.34. The molecule has 4 aromatic rings. The van der Waals surface area contributed by atoms with Crippen LogP contribution in [0.2, 0.25) is 5.02 Å². The van der Waals surface area contributed by atoms with Crippen LogP contribution in [0.25, 0.3) is 0 Å². The number of halogens is 1. The van der Waals surface area contributed by atoms with E-state index in [1.807, 2.05) is 72.4 Å². The molecule has 3 aromatic carbocycles. The highest BCUT2D eigenvalue weighted by atomic mass is 35.5. The van der Waals surface area contributed by atoms with E-state index in [1.165, 1.54) is 0 Å². The number of carbonyl (C=O) groups is 2. The van der Waals surface area contributed by atoms with Crippen LogP contribution >= 0.6 is 11.6 Å². The smallest absolute Gasteiger partial charge is 0.320 e. The number of aromatic nitrogens is 2. The number of nitrogens with zero attached hydrogens (tertiary/aromatic N) is 4. The second-order valence-corrected chi connectivity index (χ2v) is 9.08. The van der Waals surface area contributed by atoms with Gasteiger partial charge in [0.1, 0.15) is 0 Å². The van der Waals surface area contributed by atoms with Gasteiger partial charge in [-0.2, -0.15) is 5.10 Å². The van der Waals surface area contributed by atoms with E-state index >= 15 is 0 Å². The molecule has 0 atom stereocenters. The van der Waals surface area contributed by atoms with Crippen LogP contribution in [0.15, 0.2) is 84.9 Å². The predicted octanol–water partition coefficient (Wildman–Crippen LogP) is 5.51. The number of fused-ring (bicyclic) bond motifs is 1. The molecular formula is C28H26ClN5O2. The Bertz CT molecular complexity index is 1390. The van der Waals surface area contributed by atoms with Crippen LogP contribution < -0.4 is 10.2 Å². The zero-order chi connectivity index (χ0) is 25.1. The van der Waals surface area contributed by atoms with Crippen molar-refractivity contribution in [3.63, 3.8) is 0 Å². The molecule has 1 N–H and O–H groups in total. The number of benzene rings is 3. The first-order valence-corrected chi connectivity index (χ1v) is 12.1. The van der Waals surface area contributed by atoms with Crippen molar-refractivity contribution in [2.75, 3.05) is 16.8 Å². The summed E-state index contributed by atoms with van der Waals surface area (Å²) in [5.41, 5.74) is 4.73. The fourth-order valence-corrected chi connectivity index (χ4v) is 4.73. The maximum atomic E-state index is 13.7. The van der Waals surface area contributed by atoms with Gasteiger partial charge in [-0.15, -0.1) is 0 Å². The van der Waals surface area contributed by atoms with Gasteiger partial charge in [-0.25, -0.2) is 4.79 Å². The van der Waals surface area contributed by atoms with Crippen molar-refractivity contribution in [2.45, 2.75) is 19.5 Å². The Morgan fingerprint density at radius 3 is 2.36 bits per heavy atom. The molecular weight excluding hydrogens is 474 g/mol. The van der Waals surface area contributed by atoms with Gasteiger partial charge in [0, 0.05) is 42.6 Å². The van der Waals surface area contributed by atoms with Crippen LogP contribution in [-0.2, 0) is 26.6 Å². The van der Waals surface area contributed by atoms with E-state index in [2.05, 4.69) is 5.32 Å². The zero-order valence-electron chi connectivity index (χ0n) is 19.9. The second kappa shape index (κ2) is 10.3. The lowest BCUT2D eigenvalue weighted by atomic mass is 10.0. The lowest BCUT2D eigenvalue weighted by Gasteiger charge is -2.29. The molecule has 1 aliphatic rings. The van der Waals surface area contributed by atoms with E-state index < -0.39 is 0 Å². The van der Waals surface area contributed by atoms with Gasteiger partial charge in [-0.1, -0.05) is 60.1 Å². The third-order valence-electron chi connectivity index (χ3n) is 6.36. The molecule has 0 bridgehead atoms. The van der Waals surface area contributed by atoms with Crippen molar-refractivity contribution >= 4 is 34.9 Å². The van der Waals surface area contributed by atoms with E-state index in [1.54, 1.807) is 34.1 Å². The Morgan fingerprint density at radius 2 is 1.64 bits per heavy atom. The van der Waals surface area contributed by atoms with Crippen molar-refractivity contribution in [1.29, 1.82) is 0 Å². The van der Waals surface area contributed by atoms with Crippen LogP contribution in [0.3, 0.4) is 0 Å². The third kappa shape index (κ3) is 4.83. The fourth-order valence-electron chi connectivity index (χ4n) is 4.51. The molecule has 0 radical (unpaired) electrons. The maximum absolute atomic E-state index is 13.7. The molecule has 0 spiro atoms. The molecule has 1 aliphatic heterocycles. The topological polar surface area (TPSA) is 70.5 Å². The minimum atomic E-state index is -0.208. The molecule has 1 aromatic heterocycles. The Kier molecular flexibility index (Phi) is 6.73. The average Bonchev–Trinajstić information content (AvgIpc) is 3.22. The summed E-state index contributed by atoms with van der Waals surface area (Å²) in [7, 11) is 1.91. The van der Waals surface area contributed by atoms with E-state index in [-0.39, 0.29) is 18.5 Å². The lowest BCUT2D eigenvalue weighted by molar-refractivity contribution is 0.0984. The van der Waals surface area contributed by atoms with Gasteiger partial charge in [-0.05, 0) is 36.4 Å². The summed E-state index contributed by atoms with van der Waals surface area (Å²) in [6, 6.07) is 25.8. The van der Waals surface area contributed by atoms with Crippen LogP contribution in [0.1, 0.15) is 27.3 Å². The summed E-state index contributed by atoms with van der Waals surface area (Å²) in [6.45, 7) is 1.26. The monoisotopic (exact) mass is 499 g/mol. The van der Waals surface area contributed by atoms with E-state index in [0.29, 0.717) is 30.1 Å². The number of amides is 3. The molecule has 182 valence electrons. The summed E-state index contributed by atoms with van der Waals surface area (Å²) in [5, 5.41) is 8.13. The van der Waals surface area contributed by atoms with Gasteiger partial charge in [0.25, 0.3) is 5.91 Å². The zero-order valence-corrected chi connectivity index (χ0v) is 20.7. The molecule has 36 heavy (non-hydrogen) atoms. The van der Waals surface area contributed by atoms with Crippen LogP contribution in [0.5, 0.6) is 0 Å². The first-order chi connectivity index (χ1) is 17.5. The van der Waals surface area contributed by atoms with Crippen LogP contribution in [0.4, 0.5) is 16.2 Å². The molecule has 8 heteroatoms. The summed E-state index contributed by atoms with van der Waals surface area (Å²) in [4.78, 5) is 30.1. The minimum Gasteiger partial charge on any atom is -0.320 e. The molecule has 2 heterocycles. The Labute approximate surface area is 214 Å². The van der Waals surface area contributed by atoms with E-state index in [0.717, 1.165) is 28.3 Å². The predicted molar refractivity (Wildman–Crippen MR) is 141 cm³/mol. The molecule has 0 unspecified atom stereocenters. The van der Waals surface area contributed by atoms with Gasteiger partial charge >= 0.3 is 6.03 Å².